The molecule has 0 saturated carbocycles. The Morgan fingerprint density at radius 2 is 2.08 bits per heavy atom. The minimum atomic E-state index is -4.13. The molecule has 9 heteroatoms. The normalized spacial score (nSPS) is 18.9. The summed E-state index contributed by atoms with van der Waals surface area (Å²) in [5.41, 5.74) is 0.892. The van der Waals surface area contributed by atoms with Crippen LogP contribution in [0.25, 0.3) is 5.82 Å². The van der Waals surface area contributed by atoms with E-state index in [0.717, 1.165) is 12.1 Å². The van der Waals surface area contributed by atoms with Crippen molar-refractivity contribution in [1.29, 1.82) is 0 Å². The maximum Gasteiger partial charge on any atom is 0.401 e. The molecule has 0 aliphatic carbocycles. The molecular weight excluding hydrogens is 321 g/mol. The number of hydrogen-bond donors (Lipinski definition) is 1. The Bertz CT molecular complexity index is 667. The molecule has 1 aliphatic heterocycles. The summed E-state index contributed by atoms with van der Waals surface area (Å²) >= 11 is 0. The van der Waals surface area contributed by atoms with Crippen molar-refractivity contribution in [3.63, 3.8) is 0 Å². The second-order valence-electron chi connectivity index (χ2n) is 6.06. The molecule has 1 saturated heterocycles. The quantitative estimate of drug-likeness (QED) is 0.905. The molecule has 130 valence electrons. The summed E-state index contributed by atoms with van der Waals surface area (Å²) in [6.45, 7) is 2.58. The fourth-order valence-electron chi connectivity index (χ4n) is 2.81. The summed E-state index contributed by atoms with van der Waals surface area (Å²) in [4.78, 5) is 1.45. The second-order valence-corrected chi connectivity index (χ2v) is 6.06. The number of likely N-dealkylation sites (tertiary alicyclic amines) is 1. The van der Waals surface area contributed by atoms with Gasteiger partial charge in [-0.25, -0.2) is 4.68 Å². The Labute approximate surface area is 137 Å². The highest BCUT2D eigenvalue weighted by atomic mass is 19.4. The average molecular weight is 340 g/mol. The topological polar surface area (TPSA) is 58.9 Å². The molecular formula is C15H19F3N6. The van der Waals surface area contributed by atoms with Crippen LogP contribution in [-0.4, -0.2) is 57.2 Å². The summed E-state index contributed by atoms with van der Waals surface area (Å²) in [6.07, 6.45) is -1.57. The van der Waals surface area contributed by atoms with Gasteiger partial charge in [-0.3, -0.25) is 4.90 Å². The number of anilines is 1. The number of rotatable bonds is 5. The molecule has 1 N–H and O–H groups in total. The Balaban J connectivity index is 1.49. The molecule has 6 nitrogen and oxygen atoms in total. The predicted molar refractivity (Wildman–Crippen MR) is 83.0 cm³/mol. The molecule has 3 rings (SSSR count). The van der Waals surface area contributed by atoms with E-state index in [9.17, 15) is 13.2 Å². The summed E-state index contributed by atoms with van der Waals surface area (Å²) in [7, 11) is 0. The van der Waals surface area contributed by atoms with Crippen molar-refractivity contribution in [2.45, 2.75) is 19.5 Å². The van der Waals surface area contributed by atoms with E-state index in [4.69, 9.17) is 0 Å². The van der Waals surface area contributed by atoms with Gasteiger partial charge in [0, 0.05) is 19.3 Å². The zero-order chi connectivity index (χ0) is 17.2. The molecule has 24 heavy (non-hydrogen) atoms. The molecule has 1 unspecified atom stereocenters. The van der Waals surface area contributed by atoms with Crippen molar-refractivity contribution in [2.24, 2.45) is 5.92 Å². The van der Waals surface area contributed by atoms with Crippen LogP contribution >= 0.6 is 0 Å². The van der Waals surface area contributed by atoms with Crippen LogP contribution in [0.2, 0.25) is 0 Å². The van der Waals surface area contributed by atoms with Crippen molar-refractivity contribution >= 4 is 5.82 Å². The summed E-state index contributed by atoms with van der Waals surface area (Å²) in [5.74, 6) is 1.41. The number of alkyl halides is 3. The van der Waals surface area contributed by atoms with Gasteiger partial charge in [-0.05, 0) is 44.0 Å². The summed E-state index contributed by atoms with van der Waals surface area (Å²) in [6, 6.07) is 5.47. The molecule has 3 heterocycles. The lowest BCUT2D eigenvalue weighted by Gasteiger charge is -2.18. The van der Waals surface area contributed by atoms with E-state index in [2.05, 4.69) is 20.6 Å². The number of halogens is 3. The van der Waals surface area contributed by atoms with Gasteiger partial charge in [0.25, 0.3) is 0 Å². The minimum absolute atomic E-state index is 0.183. The first-order valence-corrected chi connectivity index (χ1v) is 7.78. The largest absolute Gasteiger partial charge is 0.401 e. The van der Waals surface area contributed by atoms with Crippen LogP contribution in [0.5, 0.6) is 0 Å². The first-order chi connectivity index (χ1) is 11.4. The molecule has 1 fully saturated rings. The van der Waals surface area contributed by atoms with Crippen molar-refractivity contribution < 1.29 is 13.2 Å². The van der Waals surface area contributed by atoms with E-state index >= 15 is 0 Å². The van der Waals surface area contributed by atoms with E-state index in [1.165, 1.54) is 4.90 Å². The molecule has 0 radical (unpaired) electrons. The van der Waals surface area contributed by atoms with Gasteiger partial charge in [-0.2, -0.15) is 18.3 Å². The van der Waals surface area contributed by atoms with Gasteiger partial charge in [0.05, 0.1) is 12.2 Å². The highest BCUT2D eigenvalue weighted by Crippen LogP contribution is 2.23. The number of nitrogens with zero attached hydrogens (tertiary/aromatic N) is 5. The third-order valence-electron chi connectivity index (χ3n) is 3.95. The van der Waals surface area contributed by atoms with Gasteiger partial charge in [-0.15, -0.1) is 10.2 Å². The van der Waals surface area contributed by atoms with Crippen LogP contribution in [0.1, 0.15) is 12.1 Å². The van der Waals surface area contributed by atoms with Crippen LogP contribution < -0.4 is 5.32 Å². The Morgan fingerprint density at radius 3 is 2.71 bits per heavy atom. The summed E-state index contributed by atoms with van der Waals surface area (Å²) < 4.78 is 38.8. The molecule has 2 aromatic rings. The fraction of sp³-hybridized carbons (Fsp3) is 0.533. The van der Waals surface area contributed by atoms with Crippen LogP contribution in [0, 0.1) is 12.8 Å². The number of aryl methyl sites for hydroxylation is 1. The molecule has 0 aromatic carbocycles. The Morgan fingerprint density at radius 1 is 1.25 bits per heavy atom. The predicted octanol–water partition coefficient (Wildman–Crippen LogP) is 2.27. The van der Waals surface area contributed by atoms with Crippen molar-refractivity contribution in [1.82, 2.24) is 24.9 Å². The van der Waals surface area contributed by atoms with Crippen LogP contribution in [0.4, 0.5) is 19.0 Å². The summed E-state index contributed by atoms with van der Waals surface area (Å²) in [5, 5.41) is 15.6. The Hall–Kier alpha value is -2.16. The zero-order valence-corrected chi connectivity index (χ0v) is 13.3. The van der Waals surface area contributed by atoms with Gasteiger partial charge >= 0.3 is 6.18 Å². The molecule has 0 bridgehead atoms. The van der Waals surface area contributed by atoms with E-state index < -0.39 is 12.7 Å². The van der Waals surface area contributed by atoms with Gasteiger partial charge in [0.15, 0.2) is 5.82 Å². The maximum atomic E-state index is 12.4. The molecule has 0 amide bonds. The van der Waals surface area contributed by atoms with Gasteiger partial charge in [0.2, 0.25) is 0 Å². The molecule has 1 atom stereocenters. The van der Waals surface area contributed by atoms with Crippen LogP contribution in [0.3, 0.4) is 0 Å². The fourth-order valence-corrected chi connectivity index (χ4v) is 2.81. The maximum absolute atomic E-state index is 12.4. The minimum Gasteiger partial charge on any atom is -0.368 e. The highest BCUT2D eigenvalue weighted by Gasteiger charge is 2.34. The van der Waals surface area contributed by atoms with Gasteiger partial charge in [0.1, 0.15) is 5.82 Å². The second kappa shape index (κ2) is 6.76. The zero-order valence-electron chi connectivity index (χ0n) is 13.3. The van der Waals surface area contributed by atoms with Gasteiger partial charge < -0.3 is 5.32 Å². The molecule has 1 aliphatic rings. The van der Waals surface area contributed by atoms with Crippen molar-refractivity contribution in [3.8, 4) is 5.82 Å². The van der Waals surface area contributed by atoms with Crippen molar-refractivity contribution in [3.05, 3.63) is 30.1 Å². The molecule has 2 aromatic heterocycles. The van der Waals surface area contributed by atoms with Crippen LogP contribution in [-0.2, 0) is 0 Å². The average Bonchev–Trinajstić information content (AvgIpc) is 3.13. The molecule has 0 spiro atoms. The monoisotopic (exact) mass is 340 g/mol. The van der Waals surface area contributed by atoms with Gasteiger partial charge in [-0.1, -0.05) is 0 Å². The lowest BCUT2D eigenvalue weighted by molar-refractivity contribution is -0.143. The standard InChI is InChI=1S/C15H19F3N6/c1-11-4-7-24(22-11)14-3-2-13(20-21-14)19-8-12-5-6-23(9-12)10-15(16,17)18/h2-4,7,12H,5-6,8-10H2,1H3,(H,19,20). The number of aromatic nitrogens is 4. The first-order valence-electron chi connectivity index (χ1n) is 7.78. The van der Waals surface area contributed by atoms with E-state index in [1.807, 2.05) is 13.0 Å². The third-order valence-corrected chi connectivity index (χ3v) is 3.95. The van der Waals surface area contributed by atoms with E-state index in [1.54, 1.807) is 23.0 Å². The number of nitrogens with one attached hydrogen (secondary N) is 1. The van der Waals surface area contributed by atoms with Crippen molar-refractivity contribution in [2.75, 3.05) is 31.5 Å². The van der Waals surface area contributed by atoms with E-state index in [-0.39, 0.29) is 5.92 Å². The lowest BCUT2D eigenvalue weighted by atomic mass is 10.1. The Kier molecular flexibility index (Phi) is 4.70. The first kappa shape index (κ1) is 16.7. The highest BCUT2D eigenvalue weighted by molar-refractivity contribution is 5.36. The lowest BCUT2D eigenvalue weighted by Crippen LogP contribution is -2.33. The SMILES string of the molecule is Cc1ccn(-c2ccc(NCC3CCN(CC(F)(F)F)C3)nn2)n1. The van der Waals surface area contributed by atoms with E-state index in [0.29, 0.717) is 31.3 Å². The van der Waals surface area contributed by atoms with Crippen LogP contribution in [0.15, 0.2) is 24.4 Å². The smallest absolute Gasteiger partial charge is 0.368 e. The third kappa shape index (κ3) is 4.44. The number of hydrogen-bond acceptors (Lipinski definition) is 5.